The molecule has 1 amide bonds. The van der Waals surface area contributed by atoms with Crippen molar-refractivity contribution in [2.45, 2.75) is 38.1 Å². The Labute approximate surface area is 226 Å². The number of hydrogen-bond acceptors (Lipinski definition) is 7. The molecule has 5 rings (SSSR count). The van der Waals surface area contributed by atoms with Crippen molar-refractivity contribution in [3.05, 3.63) is 75.0 Å². The van der Waals surface area contributed by atoms with E-state index in [1.165, 1.54) is 29.8 Å². The standard InChI is InChI=1S/C29H32FN3O4S/c1-18-23-15-27(37-3)26(36-2)14-21(23)10-13-33(18)29(35)24-17-38-28(31-24)20-8-11-32(12-9-20)16-25(34)19-4-6-22(30)7-5-19/h4-7,14-15,17-18,20H,8-13,16H2,1-3H3. The van der Waals surface area contributed by atoms with E-state index in [2.05, 4.69) is 4.90 Å². The zero-order valence-electron chi connectivity index (χ0n) is 21.9. The van der Waals surface area contributed by atoms with Crippen molar-refractivity contribution in [3.8, 4) is 11.5 Å². The molecule has 1 aromatic heterocycles. The van der Waals surface area contributed by atoms with E-state index in [0.29, 0.717) is 35.8 Å². The van der Waals surface area contributed by atoms with Crippen LogP contribution in [0.1, 0.15) is 68.7 Å². The summed E-state index contributed by atoms with van der Waals surface area (Å²) in [7, 11) is 3.24. The predicted octanol–water partition coefficient (Wildman–Crippen LogP) is 5.12. The Bertz CT molecular complexity index is 1320. The summed E-state index contributed by atoms with van der Waals surface area (Å²) < 4.78 is 24.1. The molecule has 2 aromatic carbocycles. The fourth-order valence-corrected chi connectivity index (χ4v) is 6.38. The predicted molar refractivity (Wildman–Crippen MR) is 144 cm³/mol. The maximum absolute atomic E-state index is 13.5. The summed E-state index contributed by atoms with van der Waals surface area (Å²) in [6.45, 7) is 4.55. The Kier molecular flexibility index (Phi) is 7.76. The number of nitrogens with zero attached hydrogens (tertiary/aromatic N) is 3. The number of amides is 1. The molecule has 3 aromatic rings. The molecule has 2 aliphatic rings. The number of piperidine rings is 1. The fourth-order valence-electron chi connectivity index (χ4n) is 5.41. The highest BCUT2D eigenvalue weighted by Gasteiger charge is 2.32. The molecule has 1 saturated heterocycles. The van der Waals surface area contributed by atoms with Gasteiger partial charge in [-0.05, 0) is 86.8 Å². The van der Waals surface area contributed by atoms with Crippen LogP contribution < -0.4 is 9.47 Å². The molecular weight excluding hydrogens is 505 g/mol. The summed E-state index contributed by atoms with van der Waals surface area (Å²) in [6.07, 6.45) is 2.51. The summed E-state index contributed by atoms with van der Waals surface area (Å²) in [6, 6.07) is 9.59. The zero-order chi connectivity index (χ0) is 26.8. The number of methoxy groups -OCH3 is 2. The van der Waals surface area contributed by atoms with Gasteiger partial charge in [0.2, 0.25) is 0 Å². The summed E-state index contributed by atoms with van der Waals surface area (Å²) in [4.78, 5) is 34.8. The highest BCUT2D eigenvalue weighted by atomic mass is 32.1. The van der Waals surface area contributed by atoms with Crippen molar-refractivity contribution >= 4 is 23.0 Å². The van der Waals surface area contributed by atoms with Gasteiger partial charge in [0.1, 0.15) is 11.5 Å². The first-order chi connectivity index (χ1) is 18.4. The van der Waals surface area contributed by atoms with E-state index in [1.54, 1.807) is 25.6 Å². The first-order valence-electron chi connectivity index (χ1n) is 12.9. The maximum atomic E-state index is 13.5. The van der Waals surface area contributed by atoms with Gasteiger partial charge >= 0.3 is 0 Å². The Morgan fingerprint density at radius 3 is 2.42 bits per heavy atom. The third kappa shape index (κ3) is 5.31. The molecule has 0 N–H and O–H groups in total. The molecule has 0 radical (unpaired) electrons. The van der Waals surface area contributed by atoms with E-state index in [0.717, 1.165) is 42.9 Å². The van der Waals surface area contributed by atoms with E-state index in [4.69, 9.17) is 14.5 Å². The van der Waals surface area contributed by atoms with Crippen LogP contribution in [0.15, 0.2) is 41.8 Å². The minimum atomic E-state index is -0.343. The van der Waals surface area contributed by atoms with Crippen molar-refractivity contribution in [1.82, 2.24) is 14.8 Å². The van der Waals surface area contributed by atoms with Crippen molar-refractivity contribution in [3.63, 3.8) is 0 Å². The number of carbonyl (C=O) groups is 2. The second-order valence-electron chi connectivity index (χ2n) is 9.88. The molecule has 7 nitrogen and oxygen atoms in total. The number of benzene rings is 2. The van der Waals surface area contributed by atoms with Crippen molar-refractivity contribution in [2.24, 2.45) is 0 Å². The van der Waals surface area contributed by atoms with Crippen LogP contribution >= 0.6 is 11.3 Å². The average molecular weight is 538 g/mol. The topological polar surface area (TPSA) is 72.0 Å². The van der Waals surface area contributed by atoms with Gasteiger partial charge in [-0.1, -0.05) is 0 Å². The van der Waals surface area contributed by atoms with Gasteiger partial charge in [-0.15, -0.1) is 11.3 Å². The van der Waals surface area contributed by atoms with Gasteiger partial charge in [-0.2, -0.15) is 0 Å². The largest absolute Gasteiger partial charge is 0.493 e. The molecule has 38 heavy (non-hydrogen) atoms. The summed E-state index contributed by atoms with van der Waals surface area (Å²) in [5.74, 6) is 1.24. The summed E-state index contributed by atoms with van der Waals surface area (Å²) in [5, 5.41) is 2.85. The van der Waals surface area contributed by atoms with Gasteiger partial charge in [-0.25, -0.2) is 9.37 Å². The lowest BCUT2D eigenvalue weighted by Gasteiger charge is -2.35. The number of Topliss-reactive ketones (excluding diaryl/α,β-unsaturated/α-hetero) is 1. The summed E-state index contributed by atoms with van der Waals surface area (Å²) in [5.41, 5.74) is 3.27. The van der Waals surface area contributed by atoms with E-state index in [-0.39, 0.29) is 29.5 Å². The van der Waals surface area contributed by atoms with Crippen molar-refractivity contribution in [2.75, 3.05) is 40.4 Å². The number of thiazole rings is 1. The van der Waals surface area contributed by atoms with Crippen LogP contribution in [0.4, 0.5) is 4.39 Å². The van der Waals surface area contributed by atoms with E-state index in [1.807, 2.05) is 29.3 Å². The number of ether oxygens (including phenoxy) is 2. The van der Waals surface area contributed by atoms with Crippen LogP contribution in [-0.2, 0) is 6.42 Å². The van der Waals surface area contributed by atoms with E-state index in [9.17, 15) is 14.0 Å². The number of carbonyl (C=O) groups excluding carboxylic acids is 2. The molecular formula is C29H32FN3O4S. The van der Waals surface area contributed by atoms with E-state index >= 15 is 0 Å². The van der Waals surface area contributed by atoms with Crippen LogP contribution in [0, 0.1) is 5.82 Å². The normalized spacial score (nSPS) is 18.2. The Morgan fingerprint density at radius 1 is 1.05 bits per heavy atom. The molecule has 200 valence electrons. The Balaban J connectivity index is 1.20. The zero-order valence-corrected chi connectivity index (χ0v) is 22.7. The van der Waals surface area contributed by atoms with Crippen LogP contribution in [0.5, 0.6) is 11.5 Å². The lowest BCUT2D eigenvalue weighted by Crippen LogP contribution is -2.39. The third-order valence-corrected chi connectivity index (χ3v) is 8.66. The van der Waals surface area contributed by atoms with Gasteiger partial charge in [0, 0.05) is 23.4 Å². The van der Waals surface area contributed by atoms with Gasteiger partial charge in [0.05, 0.1) is 31.8 Å². The molecule has 0 bridgehead atoms. The molecule has 9 heteroatoms. The number of aromatic nitrogens is 1. The number of fused-ring (bicyclic) bond motifs is 1. The lowest BCUT2D eigenvalue weighted by atomic mass is 9.92. The van der Waals surface area contributed by atoms with Crippen LogP contribution in [-0.4, -0.2) is 66.9 Å². The lowest BCUT2D eigenvalue weighted by molar-refractivity contribution is 0.0671. The number of halogens is 1. The molecule has 0 saturated carbocycles. The van der Waals surface area contributed by atoms with Gasteiger partial charge < -0.3 is 14.4 Å². The molecule has 1 fully saturated rings. The Hall–Kier alpha value is -3.30. The number of hydrogen-bond donors (Lipinski definition) is 0. The van der Waals surface area contributed by atoms with Crippen LogP contribution in [0.2, 0.25) is 0 Å². The number of likely N-dealkylation sites (tertiary alicyclic amines) is 1. The minimum absolute atomic E-state index is 0.00105. The third-order valence-electron chi connectivity index (χ3n) is 7.66. The fraction of sp³-hybridized carbons (Fsp3) is 0.414. The highest BCUT2D eigenvalue weighted by molar-refractivity contribution is 7.09. The first kappa shape index (κ1) is 26.3. The van der Waals surface area contributed by atoms with E-state index < -0.39 is 0 Å². The molecule has 1 atom stereocenters. The van der Waals surface area contributed by atoms with Crippen molar-refractivity contribution in [1.29, 1.82) is 0 Å². The van der Waals surface area contributed by atoms with Gasteiger partial charge in [0.15, 0.2) is 17.3 Å². The molecule has 1 unspecified atom stereocenters. The quantitative estimate of drug-likeness (QED) is 0.390. The number of rotatable bonds is 7. The smallest absolute Gasteiger partial charge is 0.273 e. The van der Waals surface area contributed by atoms with Gasteiger partial charge in [-0.3, -0.25) is 14.5 Å². The second kappa shape index (κ2) is 11.2. The second-order valence-corrected chi connectivity index (χ2v) is 10.8. The average Bonchev–Trinajstić information content (AvgIpc) is 3.43. The maximum Gasteiger partial charge on any atom is 0.273 e. The summed E-state index contributed by atoms with van der Waals surface area (Å²) >= 11 is 1.54. The minimum Gasteiger partial charge on any atom is -0.493 e. The first-order valence-corrected chi connectivity index (χ1v) is 13.8. The Morgan fingerprint density at radius 2 is 1.74 bits per heavy atom. The molecule has 3 heterocycles. The highest BCUT2D eigenvalue weighted by Crippen LogP contribution is 2.39. The molecule has 0 spiro atoms. The van der Waals surface area contributed by atoms with Crippen molar-refractivity contribution < 1.29 is 23.5 Å². The van der Waals surface area contributed by atoms with Crippen LogP contribution in [0.3, 0.4) is 0 Å². The molecule has 0 aliphatic carbocycles. The van der Waals surface area contributed by atoms with Crippen LogP contribution in [0.25, 0.3) is 0 Å². The molecule has 2 aliphatic heterocycles. The monoisotopic (exact) mass is 537 g/mol. The SMILES string of the molecule is COc1cc2c(cc1OC)C(C)N(C(=O)c1csc(C3CCN(CC(=O)c4ccc(F)cc4)CC3)n1)CC2. The number of ketones is 1. The van der Waals surface area contributed by atoms with Gasteiger partial charge in [0.25, 0.3) is 5.91 Å².